The lowest BCUT2D eigenvalue weighted by molar-refractivity contribution is -0.167. The molecule has 0 aromatic carbocycles. The number of nitrogens with one attached hydrogen (secondary N) is 1. The SMILES string of the molecule is CCCCC(=O)OCC(COC(=O)[C@@H]1CCC(=O)N1)OC(=O)CCCC. The molecule has 148 valence electrons. The number of esters is 3. The number of carbonyl (C=O) groups is 4. The van der Waals surface area contributed by atoms with Crippen LogP contribution in [0.5, 0.6) is 0 Å². The molecule has 26 heavy (non-hydrogen) atoms. The van der Waals surface area contributed by atoms with Crippen LogP contribution in [0.15, 0.2) is 0 Å². The third kappa shape index (κ3) is 8.82. The lowest BCUT2D eigenvalue weighted by atomic mass is 10.2. The van der Waals surface area contributed by atoms with E-state index < -0.39 is 24.1 Å². The van der Waals surface area contributed by atoms with Gasteiger partial charge in [0.2, 0.25) is 5.91 Å². The van der Waals surface area contributed by atoms with Gasteiger partial charge in [0.05, 0.1) is 0 Å². The van der Waals surface area contributed by atoms with Crippen molar-refractivity contribution in [2.24, 2.45) is 0 Å². The molecule has 8 heteroatoms. The molecule has 8 nitrogen and oxygen atoms in total. The Hall–Kier alpha value is -2.12. The van der Waals surface area contributed by atoms with E-state index in [1.54, 1.807) is 0 Å². The molecule has 0 spiro atoms. The predicted molar refractivity (Wildman–Crippen MR) is 92.0 cm³/mol. The molecule has 1 aliphatic heterocycles. The zero-order valence-corrected chi connectivity index (χ0v) is 15.6. The van der Waals surface area contributed by atoms with E-state index in [1.165, 1.54) is 0 Å². The largest absolute Gasteiger partial charge is 0.462 e. The van der Waals surface area contributed by atoms with Crippen LogP contribution in [0.2, 0.25) is 0 Å². The summed E-state index contributed by atoms with van der Waals surface area (Å²) in [6.07, 6.45) is 3.48. The van der Waals surface area contributed by atoms with Crippen molar-refractivity contribution in [3.8, 4) is 0 Å². The first-order chi connectivity index (χ1) is 12.5. The molecule has 1 aliphatic rings. The molecule has 1 fully saturated rings. The smallest absolute Gasteiger partial charge is 0.328 e. The number of carbonyl (C=O) groups excluding carboxylic acids is 4. The highest BCUT2D eigenvalue weighted by Crippen LogP contribution is 2.10. The van der Waals surface area contributed by atoms with Gasteiger partial charge in [-0.1, -0.05) is 26.7 Å². The van der Waals surface area contributed by atoms with Crippen molar-refractivity contribution in [2.75, 3.05) is 13.2 Å². The van der Waals surface area contributed by atoms with Gasteiger partial charge in [-0.3, -0.25) is 14.4 Å². The van der Waals surface area contributed by atoms with E-state index in [9.17, 15) is 19.2 Å². The van der Waals surface area contributed by atoms with Crippen molar-refractivity contribution in [3.05, 3.63) is 0 Å². The van der Waals surface area contributed by atoms with Crippen LogP contribution in [0.3, 0.4) is 0 Å². The average molecular weight is 371 g/mol. The van der Waals surface area contributed by atoms with Gasteiger partial charge in [0, 0.05) is 19.3 Å². The normalized spacial score (nSPS) is 17.3. The maximum Gasteiger partial charge on any atom is 0.328 e. The Morgan fingerprint density at radius 3 is 2.23 bits per heavy atom. The summed E-state index contributed by atoms with van der Waals surface area (Å²) in [6, 6.07) is -0.675. The Morgan fingerprint density at radius 1 is 1.04 bits per heavy atom. The van der Waals surface area contributed by atoms with Gasteiger partial charge in [0.1, 0.15) is 19.3 Å². The Bertz CT molecular complexity index is 492. The highest BCUT2D eigenvalue weighted by molar-refractivity contribution is 5.88. The highest BCUT2D eigenvalue weighted by Gasteiger charge is 2.29. The van der Waals surface area contributed by atoms with Crippen LogP contribution >= 0.6 is 0 Å². The third-order valence-corrected chi connectivity index (χ3v) is 3.89. The minimum Gasteiger partial charge on any atom is -0.462 e. The molecule has 1 unspecified atom stereocenters. The number of ether oxygens (including phenoxy) is 3. The van der Waals surface area contributed by atoms with Gasteiger partial charge in [-0.05, 0) is 19.3 Å². The van der Waals surface area contributed by atoms with Crippen molar-refractivity contribution in [1.29, 1.82) is 0 Å². The molecule has 1 rings (SSSR count). The van der Waals surface area contributed by atoms with Crippen LogP contribution in [0.25, 0.3) is 0 Å². The molecule has 1 N–H and O–H groups in total. The Morgan fingerprint density at radius 2 is 1.65 bits per heavy atom. The summed E-state index contributed by atoms with van der Waals surface area (Å²) in [6.45, 7) is 3.54. The minimum atomic E-state index is -0.856. The van der Waals surface area contributed by atoms with Crippen molar-refractivity contribution in [3.63, 3.8) is 0 Å². The predicted octanol–water partition coefficient (Wildman–Crippen LogP) is 1.64. The van der Waals surface area contributed by atoms with Crippen molar-refractivity contribution in [1.82, 2.24) is 5.32 Å². The van der Waals surface area contributed by atoms with Gasteiger partial charge < -0.3 is 19.5 Å². The highest BCUT2D eigenvalue weighted by atomic mass is 16.6. The number of rotatable bonds is 12. The maximum atomic E-state index is 11.9. The van der Waals surface area contributed by atoms with E-state index >= 15 is 0 Å². The number of amides is 1. The second kappa shape index (κ2) is 12.3. The van der Waals surface area contributed by atoms with Crippen LogP contribution < -0.4 is 5.32 Å². The first kappa shape index (κ1) is 21.9. The second-order valence-corrected chi connectivity index (χ2v) is 6.29. The summed E-state index contributed by atoms with van der Waals surface area (Å²) in [7, 11) is 0. The quantitative estimate of drug-likeness (QED) is 0.410. The van der Waals surface area contributed by atoms with E-state index in [-0.39, 0.29) is 37.9 Å². The van der Waals surface area contributed by atoms with Crippen LogP contribution in [-0.2, 0) is 33.4 Å². The van der Waals surface area contributed by atoms with E-state index in [0.717, 1.165) is 19.3 Å². The lowest BCUT2D eigenvalue weighted by Crippen LogP contribution is -2.37. The molecule has 2 atom stereocenters. The molecule has 0 aromatic heterocycles. The number of unbranched alkanes of at least 4 members (excludes halogenated alkanes) is 2. The van der Waals surface area contributed by atoms with E-state index in [0.29, 0.717) is 19.3 Å². The molecule has 0 aromatic rings. The molecular weight excluding hydrogens is 342 g/mol. The summed E-state index contributed by atoms with van der Waals surface area (Å²) >= 11 is 0. The van der Waals surface area contributed by atoms with E-state index in [4.69, 9.17) is 14.2 Å². The summed E-state index contributed by atoms with van der Waals surface area (Å²) in [4.78, 5) is 46.5. The Balaban J connectivity index is 2.47. The van der Waals surface area contributed by atoms with Crippen molar-refractivity contribution >= 4 is 23.8 Å². The zero-order chi connectivity index (χ0) is 19.4. The first-order valence-electron chi connectivity index (χ1n) is 9.27. The Labute approximate surface area is 153 Å². The summed E-state index contributed by atoms with van der Waals surface area (Å²) in [5.41, 5.74) is 0. The molecule has 0 bridgehead atoms. The minimum absolute atomic E-state index is 0.162. The van der Waals surface area contributed by atoms with Crippen LogP contribution in [0.4, 0.5) is 0 Å². The first-order valence-corrected chi connectivity index (χ1v) is 9.27. The molecule has 1 amide bonds. The van der Waals surface area contributed by atoms with E-state index in [2.05, 4.69) is 5.32 Å². The topological polar surface area (TPSA) is 108 Å². The van der Waals surface area contributed by atoms with Crippen LogP contribution in [0.1, 0.15) is 65.2 Å². The molecule has 1 heterocycles. The second-order valence-electron chi connectivity index (χ2n) is 6.29. The van der Waals surface area contributed by atoms with Gasteiger partial charge in [-0.15, -0.1) is 0 Å². The van der Waals surface area contributed by atoms with Gasteiger partial charge in [-0.25, -0.2) is 4.79 Å². The molecular formula is C18H29NO7. The van der Waals surface area contributed by atoms with E-state index in [1.807, 2.05) is 13.8 Å². The van der Waals surface area contributed by atoms with Gasteiger partial charge in [0.15, 0.2) is 6.10 Å². The van der Waals surface area contributed by atoms with Crippen LogP contribution in [-0.4, -0.2) is 49.2 Å². The maximum absolute atomic E-state index is 11.9. The standard InChI is InChI=1S/C18H29NO7/c1-3-5-7-16(21)24-11-13(26-17(22)8-6-4-2)12-25-18(23)14-9-10-15(20)19-14/h13-14H,3-12H2,1-2H3,(H,19,20)/t13?,14-/m0/s1. The molecule has 0 saturated carbocycles. The fraction of sp³-hybridized carbons (Fsp3) is 0.778. The number of hydrogen-bond donors (Lipinski definition) is 1. The fourth-order valence-corrected chi connectivity index (χ4v) is 2.33. The lowest BCUT2D eigenvalue weighted by Gasteiger charge is -2.19. The molecule has 1 saturated heterocycles. The van der Waals surface area contributed by atoms with Crippen molar-refractivity contribution in [2.45, 2.75) is 77.4 Å². The third-order valence-electron chi connectivity index (χ3n) is 3.89. The zero-order valence-electron chi connectivity index (χ0n) is 15.6. The Kier molecular flexibility index (Phi) is 10.3. The average Bonchev–Trinajstić information content (AvgIpc) is 3.06. The van der Waals surface area contributed by atoms with Crippen molar-refractivity contribution < 1.29 is 33.4 Å². The summed E-state index contributed by atoms with van der Waals surface area (Å²) in [5.74, 6) is -1.58. The van der Waals surface area contributed by atoms with Gasteiger partial charge in [-0.2, -0.15) is 0 Å². The van der Waals surface area contributed by atoms with Crippen LogP contribution in [0, 0.1) is 0 Å². The summed E-state index contributed by atoms with van der Waals surface area (Å²) in [5, 5.41) is 2.51. The van der Waals surface area contributed by atoms with Gasteiger partial charge >= 0.3 is 17.9 Å². The summed E-state index contributed by atoms with van der Waals surface area (Å²) < 4.78 is 15.5. The molecule has 0 aliphatic carbocycles. The number of hydrogen-bond acceptors (Lipinski definition) is 7. The fourth-order valence-electron chi connectivity index (χ4n) is 2.33. The van der Waals surface area contributed by atoms with Gasteiger partial charge in [0.25, 0.3) is 0 Å². The molecule has 0 radical (unpaired) electrons. The monoisotopic (exact) mass is 371 g/mol.